The number of carboxylic acids is 1. The summed E-state index contributed by atoms with van der Waals surface area (Å²) in [6.07, 6.45) is 3.83. The van der Waals surface area contributed by atoms with Crippen LogP contribution in [0.15, 0.2) is 18.5 Å². The van der Waals surface area contributed by atoms with E-state index in [1.165, 1.54) is 12.3 Å². The van der Waals surface area contributed by atoms with Gasteiger partial charge in [-0.25, -0.2) is 4.39 Å². The third-order valence-corrected chi connectivity index (χ3v) is 3.34. The number of hydrogen-bond acceptors (Lipinski definition) is 3. The topological polar surface area (TPSA) is 70.5 Å². The minimum atomic E-state index is -0.829. The van der Waals surface area contributed by atoms with Crippen LogP contribution in [0.25, 0.3) is 0 Å². The Morgan fingerprint density at radius 3 is 3.00 bits per heavy atom. The van der Waals surface area contributed by atoms with E-state index in [9.17, 15) is 14.0 Å². The Bertz CT molecular complexity index is 493. The standard InChI is InChI=1S/C13H15FN2O3/c14-11-7-15-5-3-10(11)13(19)16-6-4-9(8-16)1-2-12(17)18/h3,5,7,9H,1-2,4,6,8H2,(H,17,18). The van der Waals surface area contributed by atoms with Crippen LogP contribution >= 0.6 is 0 Å². The van der Waals surface area contributed by atoms with E-state index in [0.717, 1.165) is 12.6 Å². The van der Waals surface area contributed by atoms with Crippen molar-refractivity contribution in [2.75, 3.05) is 13.1 Å². The summed E-state index contributed by atoms with van der Waals surface area (Å²) in [7, 11) is 0. The molecule has 0 saturated carbocycles. The highest BCUT2D eigenvalue weighted by Crippen LogP contribution is 2.23. The van der Waals surface area contributed by atoms with Crippen molar-refractivity contribution in [3.8, 4) is 0 Å². The number of nitrogens with zero attached hydrogens (tertiary/aromatic N) is 2. The van der Waals surface area contributed by atoms with Crippen molar-refractivity contribution >= 4 is 11.9 Å². The molecule has 1 saturated heterocycles. The monoisotopic (exact) mass is 266 g/mol. The zero-order valence-electron chi connectivity index (χ0n) is 10.4. The summed E-state index contributed by atoms with van der Waals surface area (Å²) >= 11 is 0. The van der Waals surface area contributed by atoms with Crippen LogP contribution in [0.5, 0.6) is 0 Å². The Labute approximate surface area is 110 Å². The fraction of sp³-hybridized carbons (Fsp3) is 0.462. The highest BCUT2D eigenvalue weighted by atomic mass is 19.1. The fourth-order valence-electron chi connectivity index (χ4n) is 2.30. The van der Waals surface area contributed by atoms with Gasteiger partial charge in [-0.3, -0.25) is 14.6 Å². The van der Waals surface area contributed by atoms with Gasteiger partial charge in [0, 0.05) is 25.7 Å². The molecule has 1 aliphatic heterocycles. The number of carbonyl (C=O) groups is 2. The van der Waals surface area contributed by atoms with Gasteiger partial charge in [0.15, 0.2) is 5.82 Å². The van der Waals surface area contributed by atoms with E-state index in [0.29, 0.717) is 19.5 Å². The number of aromatic nitrogens is 1. The number of halogens is 1. The first-order valence-corrected chi connectivity index (χ1v) is 6.18. The molecule has 0 spiro atoms. The number of carboxylic acid groups (broad SMARTS) is 1. The highest BCUT2D eigenvalue weighted by Gasteiger charge is 2.28. The van der Waals surface area contributed by atoms with Crippen molar-refractivity contribution in [3.63, 3.8) is 0 Å². The van der Waals surface area contributed by atoms with Gasteiger partial charge in [-0.1, -0.05) is 0 Å². The molecule has 2 heterocycles. The predicted octanol–water partition coefficient (Wildman–Crippen LogP) is 1.55. The maximum atomic E-state index is 13.5. The van der Waals surface area contributed by atoms with Crippen LogP contribution < -0.4 is 0 Å². The van der Waals surface area contributed by atoms with Crippen LogP contribution in [-0.4, -0.2) is 40.0 Å². The van der Waals surface area contributed by atoms with Gasteiger partial charge in [-0.05, 0) is 24.8 Å². The SMILES string of the molecule is O=C(O)CCC1CCN(C(=O)c2ccncc2F)C1. The quantitative estimate of drug-likeness (QED) is 0.897. The van der Waals surface area contributed by atoms with Gasteiger partial charge >= 0.3 is 5.97 Å². The number of amides is 1. The molecule has 1 N–H and O–H groups in total. The van der Waals surface area contributed by atoms with E-state index in [4.69, 9.17) is 5.11 Å². The number of rotatable bonds is 4. The molecule has 102 valence electrons. The molecule has 0 bridgehead atoms. The molecule has 1 fully saturated rings. The van der Waals surface area contributed by atoms with E-state index in [2.05, 4.69) is 4.98 Å². The number of carbonyl (C=O) groups excluding carboxylic acids is 1. The number of hydrogen-bond donors (Lipinski definition) is 1. The van der Waals surface area contributed by atoms with E-state index >= 15 is 0 Å². The van der Waals surface area contributed by atoms with Crippen LogP contribution in [0.4, 0.5) is 4.39 Å². The zero-order valence-corrected chi connectivity index (χ0v) is 10.4. The average molecular weight is 266 g/mol. The van der Waals surface area contributed by atoms with Gasteiger partial charge in [0.25, 0.3) is 5.91 Å². The van der Waals surface area contributed by atoms with Crippen molar-refractivity contribution < 1.29 is 19.1 Å². The second-order valence-electron chi connectivity index (χ2n) is 4.69. The molecule has 6 heteroatoms. The van der Waals surface area contributed by atoms with Crippen LogP contribution in [0.1, 0.15) is 29.6 Å². The lowest BCUT2D eigenvalue weighted by atomic mass is 10.0. The second-order valence-corrected chi connectivity index (χ2v) is 4.69. The Morgan fingerprint density at radius 2 is 2.32 bits per heavy atom. The molecule has 1 unspecified atom stereocenters. The highest BCUT2D eigenvalue weighted by molar-refractivity contribution is 5.94. The fourth-order valence-corrected chi connectivity index (χ4v) is 2.30. The van der Waals surface area contributed by atoms with Crippen molar-refractivity contribution in [3.05, 3.63) is 29.8 Å². The Balaban J connectivity index is 1.95. The first-order chi connectivity index (χ1) is 9.08. The zero-order chi connectivity index (χ0) is 13.8. The molecule has 1 amide bonds. The van der Waals surface area contributed by atoms with Gasteiger partial charge in [0.05, 0.1) is 11.8 Å². The van der Waals surface area contributed by atoms with Crippen LogP contribution in [0.2, 0.25) is 0 Å². The van der Waals surface area contributed by atoms with Crippen LogP contribution in [0, 0.1) is 11.7 Å². The molecule has 0 aromatic carbocycles. The Hall–Kier alpha value is -1.98. The first kappa shape index (κ1) is 13.5. The molecule has 0 radical (unpaired) electrons. The molecule has 5 nitrogen and oxygen atoms in total. The third-order valence-electron chi connectivity index (χ3n) is 3.34. The minimum absolute atomic E-state index is 0.0221. The lowest BCUT2D eigenvalue weighted by Gasteiger charge is -2.16. The summed E-state index contributed by atoms with van der Waals surface area (Å²) in [4.78, 5) is 27.8. The van der Waals surface area contributed by atoms with E-state index in [-0.39, 0.29) is 23.8 Å². The molecule has 19 heavy (non-hydrogen) atoms. The summed E-state index contributed by atoms with van der Waals surface area (Å²) in [5.41, 5.74) is 0.0221. The van der Waals surface area contributed by atoms with Crippen molar-refractivity contribution in [1.29, 1.82) is 0 Å². The Kier molecular flexibility index (Phi) is 4.09. The number of aliphatic carboxylic acids is 1. The molecule has 1 aliphatic rings. The van der Waals surface area contributed by atoms with Gasteiger partial charge in [-0.15, -0.1) is 0 Å². The van der Waals surface area contributed by atoms with Gasteiger partial charge < -0.3 is 10.0 Å². The number of likely N-dealkylation sites (tertiary alicyclic amines) is 1. The van der Waals surface area contributed by atoms with Crippen LogP contribution in [0.3, 0.4) is 0 Å². The third kappa shape index (κ3) is 3.27. The maximum absolute atomic E-state index is 13.5. The summed E-state index contributed by atoms with van der Waals surface area (Å²) < 4.78 is 13.5. The maximum Gasteiger partial charge on any atom is 0.303 e. The molecule has 2 rings (SSSR count). The molecular formula is C13H15FN2O3. The average Bonchev–Trinajstić information content (AvgIpc) is 2.85. The van der Waals surface area contributed by atoms with E-state index in [1.807, 2.05) is 0 Å². The molecular weight excluding hydrogens is 251 g/mol. The summed E-state index contributed by atoms with van der Waals surface area (Å²) in [5, 5.41) is 8.63. The van der Waals surface area contributed by atoms with E-state index < -0.39 is 11.8 Å². The summed E-state index contributed by atoms with van der Waals surface area (Å²) in [5.74, 6) is -1.62. The summed E-state index contributed by atoms with van der Waals surface area (Å²) in [6.45, 7) is 1.04. The summed E-state index contributed by atoms with van der Waals surface area (Å²) in [6, 6.07) is 1.36. The molecule has 1 atom stereocenters. The van der Waals surface area contributed by atoms with E-state index in [1.54, 1.807) is 4.90 Å². The lowest BCUT2D eigenvalue weighted by Crippen LogP contribution is -2.29. The molecule has 1 aromatic rings. The molecule has 0 aliphatic carbocycles. The smallest absolute Gasteiger partial charge is 0.303 e. The van der Waals surface area contributed by atoms with Crippen molar-refractivity contribution in [2.45, 2.75) is 19.3 Å². The van der Waals surface area contributed by atoms with Crippen molar-refractivity contribution in [2.24, 2.45) is 5.92 Å². The van der Waals surface area contributed by atoms with Gasteiger partial charge in [0.2, 0.25) is 0 Å². The van der Waals surface area contributed by atoms with Gasteiger partial charge in [0.1, 0.15) is 0 Å². The predicted molar refractivity (Wildman–Crippen MR) is 65.1 cm³/mol. The lowest BCUT2D eigenvalue weighted by molar-refractivity contribution is -0.137. The van der Waals surface area contributed by atoms with Crippen molar-refractivity contribution in [1.82, 2.24) is 9.88 Å². The second kappa shape index (κ2) is 5.77. The normalized spacial score (nSPS) is 18.6. The van der Waals surface area contributed by atoms with Crippen LogP contribution in [-0.2, 0) is 4.79 Å². The Morgan fingerprint density at radius 1 is 1.53 bits per heavy atom. The number of pyridine rings is 1. The first-order valence-electron chi connectivity index (χ1n) is 6.18. The minimum Gasteiger partial charge on any atom is -0.481 e. The van der Waals surface area contributed by atoms with Gasteiger partial charge in [-0.2, -0.15) is 0 Å². The largest absolute Gasteiger partial charge is 0.481 e. The molecule has 1 aromatic heterocycles.